The fraction of sp³-hybridized carbons (Fsp3) is 0.571. The molecule has 1 N–H and O–H groups in total. The van der Waals surface area contributed by atoms with Gasteiger partial charge in [0.1, 0.15) is 6.61 Å². The van der Waals surface area contributed by atoms with Crippen molar-refractivity contribution in [2.45, 2.75) is 45.9 Å². The van der Waals surface area contributed by atoms with Gasteiger partial charge in [-0.05, 0) is 52.5 Å². The molecular formula is C14H22N4O. The second-order valence-corrected chi connectivity index (χ2v) is 5.28. The first-order chi connectivity index (χ1) is 9.02. The Hall–Kier alpha value is -1.62. The van der Waals surface area contributed by atoms with Crippen molar-refractivity contribution in [3.63, 3.8) is 0 Å². The predicted molar refractivity (Wildman–Crippen MR) is 69.2 cm³/mol. The van der Waals surface area contributed by atoms with E-state index in [4.69, 9.17) is 0 Å². The monoisotopic (exact) mass is 262 g/mol. The molecule has 104 valence electrons. The van der Waals surface area contributed by atoms with Crippen LogP contribution in [0.4, 0.5) is 0 Å². The Balaban J connectivity index is 2.27. The van der Waals surface area contributed by atoms with Crippen LogP contribution in [0.25, 0.3) is 0 Å². The third kappa shape index (κ3) is 2.87. The van der Waals surface area contributed by atoms with Crippen LogP contribution >= 0.6 is 0 Å². The zero-order valence-corrected chi connectivity index (χ0v) is 12.0. The zero-order valence-electron chi connectivity index (χ0n) is 12.0. The molecule has 0 aliphatic heterocycles. The minimum atomic E-state index is -0.208. The van der Waals surface area contributed by atoms with Crippen molar-refractivity contribution < 1.29 is 14.2 Å². The molecule has 19 heavy (non-hydrogen) atoms. The SMILES string of the molecule is CC(C)n1[c-][n+](C(CO)n2[c-][n+](C(C)C)cc2)cc1. The Labute approximate surface area is 114 Å². The third-order valence-corrected chi connectivity index (χ3v) is 3.16. The van der Waals surface area contributed by atoms with E-state index in [1.165, 1.54) is 0 Å². The number of hydrogen-bond donors (Lipinski definition) is 1. The Morgan fingerprint density at radius 3 is 2.05 bits per heavy atom. The molecule has 0 fully saturated rings. The maximum absolute atomic E-state index is 9.63. The number of aliphatic hydroxyl groups excluding tert-OH is 1. The van der Waals surface area contributed by atoms with Gasteiger partial charge < -0.3 is 23.4 Å². The van der Waals surface area contributed by atoms with E-state index >= 15 is 0 Å². The molecule has 0 atom stereocenters. The van der Waals surface area contributed by atoms with Crippen molar-refractivity contribution in [1.82, 2.24) is 9.13 Å². The van der Waals surface area contributed by atoms with Crippen LogP contribution in [0.1, 0.15) is 45.9 Å². The minimum absolute atomic E-state index is 0.00650. The van der Waals surface area contributed by atoms with E-state index in [0.29, 0.717) is 12.1 Å². The fourth-order valence-corrected chi connectivity index (χ4v) is 1.90. The summed E-state index contributed by atoms with van der Waals surface area (Å²) in [5.74, 6) is 0. The lowest BCUT2D eigenvalue weighted by Crippen LogP contribution is -2.45. The number of rotatable bonds is 5. The summed E-state index contributed by atoms with van der Waals surface area (Å²) >= 11 is 0. The third-order valence-electron chi connectivity index (χ3n) is 3.16. The Morgan fingerprint density at radius 2 is 1.58 bits per heavy atom. The number of nitrogens with zero attached hydrogens (tertiary/aromatic N) is 4. The molecule has 0 aliphatic rings. The van der Waals surface area contributed by atoms with Crippen LogP contribution < -0.4 is 9.13 Å². The number of imidazole rings is 2. The van der Waals surface area contributed by atoms with Gasteiger partial charge in [0.05, 0.1) is 12.1 Å². The number of hydrogen-bond acceptors (Lipinski definition) is 1. The van der Waals surface area contributed by atoms with E-state index in [1.54, 1.807) is 0 Å². The first-order valence-electron chi connectivity index (χ1n) is 6.66. The normalized spacial score (nSPS) is 13.4. The van der Waals surface area contributed by atoms with Crippen molar-refractivity contribution in [3.05, 3.63) is 37.4 Å². The molecule has 0 aromatic carbocycles. The van der Waals surface area contributed by atoms with E-state index in [0.717, 1.165) is 0 Å². The quantitative estimate of drug-likeness (QED) is 0.624. The largest absolute Gasteiger partial charge is 0.388 e. The summed E-state index contributed by atoms with van der Waals surface area (Å²) in [5.41, 5.74) is 0. The van der Waals surface area contributed by atoms with Gasteiger partial charge in [0.2, 0.25) is 18.8 Å². The summed E-state index contributed by atoms with van der Waals surface area (Å²) in [5, 5.41) is 9.63. The van der Waals surface area contributed by atoms with E-state index in [-0.39, 0.29) is 12.8 Å². The highest BCUT2D eigenvalue weighted by Gasteiger charge is 2.16. The van der Waals surface area contributed by atoms with Gasteiger partial charge in [0.15, 0.2) is 0 Å². The second kappa shape index (κ2) is 5.57. The highest BCUT2D eigenvalue weighted by molar-refractivity contribution is 4.73. The molecule has 0 radical (unpaired) electrons. The summed E-state index contributed by atoms with van der Waals surface area (Å²) in [6, 6.07) is 0.713. The van der Waals surface area contributed by atoms with Crippen molar-refractivity contribution in [3.8, 4) is 0 Å². The van der Waals surface area contributed by atoms with E-state index < -0.39 is 0 Å². The molecule has 2 heterocycles. The van der Waals surface area contributed by atoms with Gasteiger partial charge in [-0.1, -0.05) is 0 Å². The van der Waals surface area contributed by atoms with Gasteiger partial charge in [0, 0.05) is 0 Å². The molecule has 5 nitrogen and oxygen atoms in total. The van der Waals surface area contributed by atoms with Crippen molar-refractivity contribution in [2.75, 3.05) is 6.61 Å². The molecule has 0 bridgehead atoms. The first kappa shape index (κ1) is 13.8. The Kier molecular flexibility index (Phi) is 4.04. The minimum Gasteiger partial charge on any atom is -0.388 e. The van der Waals surface area contributed by atoms with Gasteiger partial charge in [-0.25, -0.2) is 0 Å². The first-order valence-corrected chi connectivity index (χ1v) is 6.66. The van der Waals surface area contributed by atoms with Gasteiger partial charge in [-0.2, -0.15) is 0 Å². The van der Waals surface area contributed by atoms with E-state index in [1.807, 2.05) is 43.1 Å². The highest BCUT2D eigenvalue weighted by atomic mass is 16.3. The van der Waals surface area contributed by atoms with Crippen LogP contribution in [0, 0.1) is 12.7 Å². The molecule has 2 aromatic heterocycles. The molecule has 0 spiro atoms. The van der Waals surface area contributed by atoms with Crippen LogP contribution in [0.15, 0.2) is 24.8 Å². The van der Waals surface area contributed by atoms with Gasteiger partial charge >= 0.3 is 0 Å². The molecule has 0 aliphatic carbocycles. The number of aliphatic hydroxyl groups is 1. The average Bonchev–Trinajstić information content (AvgIpc) is 2.98. The lowest BCUT2D eigenvalue weighted by atomic mass is 10.4. The Bertz CT molecular complexity index is 481. The van der Waals surface area contributed by atoms with Crippen molar-refractivity contribution in [2.24, 2.45) is 0 Å². The summed E-state index contributed by atoms with van der Waals surface area (Å²) in [6.07, 6.45) is 14.0. The molecule has 0 saturated heterocycles. The van der Waals surface area contributed by atoms with Crippen LogP contribution in [-0.4, -0.2) is 20.8 Å². The van der Waals surface area contributed by atoms with Gasteiger partial charge in [-0.15, -0.1) is 0 Å². The Morgan fingerprint density at radius 1 is 1.00 bits per heavy atom. The van der Waals surface area contributed by atoms with Gasteiger partial charge in [0.25, 0.3) is 0 Å². The standard InChI is InChI=1S/C14H22N4O/c1-12(2)15-5-7-17(10-15)14(9-19)18-8-6-16(11-18)13(3)4/h5-8,12-14,19H,9H2,1-4H3. The van der Waals surface area contributed by atoms with E-state index in [9.17, 15) is 5.11 Å². The lowest BCUT2D eigenvalue weighted by molar-refractivity contribution is -0.743. The van der Waals surface area contributed by atoms with E-state index in [2.05, 4.69) is 40.3 Å². The van der Waals surface area contributed by atoms with Crippen molar-refractivity contribution >= 4 is 0 Å². The maximum atomic E-state index is 9.63. The second-order valence-electron chi connectivity index (χ2n) is 5.28. The zero-order chi connectivity index (χ0) is 14.0. The molecule has 0 saturated carbocycles. The molecule has 0 unspecified atom stereocenters. The molecule has 0 amide bonds. The van der Waals surface area contributed by atoms with Crippen LogP contribution in [0.5, 0.6) is 0 Å². The van der Waals surface area contributed by atoms with Gasteiger partial charge in [-0.3, -0.25) is 0 Å². The van der Waals surface area contributed by atoms with Crippen LogP contribution in [-0.2, 0) is 0 Å². The predicted octanol–water partition coefficient (Wildman–Crippen LogP) is 0.666. The van der Waals surface area contributed by atoms with Crippen molar-refractivity contribution in [1.29, 1.82) is 0 Å². The van der Waals surface area contributed by atoms with Crippen LogP contribution in [0.2, 0.25) is 0 Å². The lowest BCUT2D eigenvalue weighted by Gasteiger charge is -2.14. The van der Waals surface area contributed by atoms with Crippen LogP contribution in [0.3, 0.4) is 0 Å². The summed E-state index contributed by atoms with van der Waals surface area (Å²) in [7, 11) is 0. The molecular weight excluding hydrogens is 240 g/mol. The average molecular weight is 262 g/mol. The summed E-state index contributed by atoms with van der Waals surface area (Å²) in [4.78, 5) is 0. The summed E-state index contributed by atoms with van der Waals surface area (Å²) in [6.45, 7) is 8.41. The molecule has 2 rings (SSSR count). The molecule has 5 heteroatoms. The smallest absolute Gasteiger partial charge is 0.222 e. The highest BCUT2D eigenvalue weighted by Crippen LogP contribution is 2.04. The molecule has 2 aromatic rings. The fourth-order valence-electron chi connectivity index (χ4n) is 1.90. The summed E-state index contributed by atoms with van der Waals surface area (Å²) < 4.78 is 7.73. The maximum Gasteiger partial charge on any atom is 0.222 e. The topological polar surface area (TPSA) is 37.9 Å². The number of aromatic nitrogens is 4.